The Hall–Kier alpha value is -1.46. The molecule has 1 amide bonds. The van der Waals surface area contributed by atoms with Crippen molar-refractivity contribution in [1.29, 1.82) is 0 Å². The summed E-state index contributed by atoms with van der Waals surface area (Å²) in [6.45, 7) is 2.39. The van der Waals surface area contributed by atoms with Gasteiger partial charge in [-0.3, -0.25) is 9.69 Å². The van der Waals surface area contributed by atoms with Crippen LogP contribution in [0.25, 0.3) is 0 Å². The van der Waals surface area contributed by atoms with Crippen molar-refractivity contribution in [2.75, 3.05) is 19.6 Å². The summed E-state index contributed by atoms with van der Waals surface area (Å²) in [6.07, 6.45) is 2.54. The topological polar surface area (TPSA) is 58.4 Å². The predicted octanol–water partition coefficient (Wildman–Crippen LogP) is 1.43. The van der Waals surface area contributed by atoms with Gasteiger partial charge in [0.05, 0.1) is 0 Å². The lowest BCUT2D eigenvalue weighted by atomic mass is 9.84. The Morgan fingerprint density at radius 1 is 1.33 bits per heavy atom. The van der Waals surface area contributed by atoms with Crippen LogP contribution in [0.2, 0.25) is 0 Å². The maximum atomic E-state index is 13.1. The fraction of sp³-hybridized carbons (Fsp3) is 0.562. The molecule has 0 spiro atoms. The van der Waals surface area contributed by atoms with Crippen molar-refractivity contribution in [2.24, 2.45) is 11.7 Å². The van der Waals surface area contributed by atoms with Crippen LogP contribution in [0.15, 0.2) is 24.3 Å². The highest BCUT2D eigenvalue weighted by atomic mass is 19.1. The Kier molecular flexibility index (Phi) is 4.22. The van der Waals surface area contributed by atoms with Gasteiger partial charge in [-0.05, 0) is 36.5 Å². The molecule has 0 aliphatic carbocycles. The van der Waals surface area contributed by atoms with Crippen molar-refractivity contribution in [2.45, 2.75) is 31.3 Å². The van der Waals surface area contributed by atoms with E-state index >= 15 is 0 Å². The smallest absolute Gasteiger partial charge is 0.220 e. The van der Waals surface area contributed by atoms with E-state index in [1.165, 1.54) is 12.1 Å². The largest absolute Gasteiger partial charge is 0.353 e. The zero-order valence-electron chi connectivity index (χ0n) is 12.1. The predicted molar refractivity (Wildman–Crippen MR) is 79.0 cm³/mol. The number of rotatable bonds is 3. The number of fused-ring (bicyclic) bond motifs is 1. The molecule has 5 heteroatoms. The molecule has 2 saturated heterocycles. The second-order valence-electron chi connectivity index (χ2n) is 6.06. The minimum Gasteiger partial charge on any atom is -0.353 e. The highest BCUT2D eigenvalue weighted by molar-refractivity contribution is 5.77. The highest BCUT2D eigenvalue weighted by Crippen LogP contribution is 2.30. The summed E-state index contributed by atoms with van der Waals surface area (Å²) in [5.74, 6) is 0.466. The molecule has 1 aromatic carbocycles. The molecule has 114 valence electrons. The number of nitrogens with one attached hydrogen (secondary N) is 1. The Bertz CT molecular complexity index is 505. The molecule has 2 aliphatic heterocycles. The van der Waals surface area contributed by atoms with E-state index in [0.717, 1.165) is 31.5 Å². The first-order valence-corrected chi connectivity index (χ1v) is 7.66. The molecule has 3 atom stereocenters. The standard InChI is InChI=1S/C16H22FN3O/c17-13-4-1-11(2-5-13)15(9-18)20-8-7-14-12(10-20)3-6-16(21)19-14/h1-2,4-5,12,14-15H,3,6-10,18H2,(H,19,21). The van der Waals surface area contributed by atoms with Crippen LogP contribution >= 0.6 is 0 Å². The minimum absolute atomic E-state index is 0.129. The van der Waals surface area contributed by atoms with Gasteiger partial charge in [-0.2, -0.15) is 0 Å². The summed E-state index contributed by atoms with van der Waals surface area (Å²) >= 11 is 0. The lowest BCUT2D eigenvalue weighted by Crippen LogP contribution is -2.55. The third kappa shape index (κ3) is 3.09. The van der Waals surface area contributed by atoms with Crippen LogP contribution in [0.5, 0.6) is 0 Å². The van der Waals surface area contributed by atoms with Crippen LogP contribution in [0.1, 0.15) is 30.9 Å². The van der Waals surface area contributed by atoms with Crippen LogP contribution in [0.4, 0.5) is 4.39 Å². The van der Waals surface area contributed by atoms with Crippen LogP contribution < -0.4 is 11.1 Å². The second kappa shape index (κ2) is 6.12. The number of benzene rings is 1. The van der Waals surface area contributed by atoms with Crippen LogP contribution in [0, 0.1) is 11.7 Å². The monoisotopic (exact) mass is 291 g/mol. The van der Waals surface area contributed by atoms with Crippen molar-refractivity contribution >= 4 is 5.91 Å². The summed E-state index contributed by atoms with van der Waals surface area (Å²) in [7, 11) is 0. The summed E-state index contributed by atoms with van der Waals surface area (Å²) < 4.78 is 13.1. The van der Waals surface area contributed by atoms with Crippen molar-refractivity contribution < 1.29 is 9.18 Å². The van der Waals surface area contributed by atoms with E-state index in [0.29, 0.717) is 24.9 Å². The molecule has 2 aliphatic rings. The highest BCUT2D eigenvalue weighted by Gasteiger charge is 2.35. The zero-order chi connectivity index (χ0) is 14.8. The number of hydrogen-bond acceptors (Lipinski definition) is 3. The molecule has 4 nitrogen and oxygen atoms in total. The quantitative estimate of drug-likeness (QED) is 0.885. The maximum Gasteiger partial charge on any atom is 0.220 e. The molecule has 2 fully saturated rings. The van der Waals surface area contributed by atoms with Gasteiger partial charge in [0.25, 0.3) is 0 Å². The average molecular weight is 291 g/mol. The third-order valence-electron chi connectivity index (χ3n) is 4.77. The first kappa shape index (κ1) is 14.5. The summed E-state index contributed by atoms with van der Waals surface area (Å²) in [4.78, 5) is 13.8. The van der Waals surface area contributed by atoms with E-state index in [4.69, 9.17) is 5.73 Å². The lowest BCUT2D eigenvalue weighted by Gasteiger charge is -2.44. The maximum absolute atomic E-state index is 13.1. The molecule has 0 bridgehead atoms. The van der Waals surface area contributed by atoms with Gasteiger partial charge in [0.15, 0.2) is 0 Å². The van der Waals surface area contributed by atoms with E-state index in [1.807, 2.05) is 12.1 Å². The van der Waals surface area contributed by atoms with Crippen LogP contribution in [0.3, 0.4) is 0 Å². The molecule has 3 unspecified atom stereocenters. The van der Waals surface area contributed by atoms with Crippen LogP contribution in [-0.2, 0) is 4.79 Å². The number of amides is 1. The molecule has 21 heavy (non-hydrogen) atoms. The van der Waals surface area contributed by atoms with E-state index in [9.17, 15) is 9.18 Å². The first-order chi connectivity index (χ1) is 10.2. The third-order valence-corrected chi connectivity index (χ3v) is 4.77. The van der Waals surface area contributed by atoms with Gasteiger partial charge < -0.3 is 11.1 Å². The Labute approximate surface area is 124 Å². The number of halogens is 1. The number of hydrogen-bond donors (Lipinski definition) is 2. The van der Waals surface area contributed by atoms with Crippen molar-refractivity contribution in [1.82, 2.24) is 10.2 Å². The van der Waals surface area contributed by atoms with E-state index in [-0.39, 0.29) is 17.8 Å². The minimum atomic E-state index is -0.219. The number of nitrogens with two attached hydrogens (primary N) is 1. The molecule has 1 aromatic rings. The lowest BCUT2D eigenvalue weighted by molar-refractivity contribution is -0.125. The van der Waals surface area contributed by atoms with E-state index in [2.05, 4.69) is 10.2 Å². The summed E-state index contributed by atoms with van der Waals surface area (Å²) in [5.41, 5.74) is 7.03. The Balaban J connectivity index is 1.71. The van der Waals surface area contributed by atoms with Crippen molar-refractivity contribution in [3.05, 3.63) is 35.6 Å². The number of likely N-dealkylation sites (tertiary alicyclic amines) is 1. The average Bonchev–Trinajstić information content (AvgIpc) is 2.50. The second-order valence-corrected chi connectivity index (χ2v) is 6.06. The fourth-order valence-corrected chi connectivity index (χ4v) is 3.60. The summed E-state index contributed by atoms with van der Waals surface area (Å²) in [5, 5.41) is 3.10. The van der Waals surface area contributed by atoms with Gasteiger partial charge in [-0.15, -0.1) is 0 Å². The SMILES string of the molecule is NCC(c1ccc(F)cc1)N1CCC2NC(=O)CCC2C1. The van der Waals surface area contributed by atoms with Crippen molar-refractivity contribution in [3.8, 4) is 0 Å². The van der Waals surface area contributed by atoms with E-state index < -0.39 is 0 Å². The number of carbonyl (C=O) groups is 1. The molecule has 0 aromatic heterocycles. The van der Waals surface area contributed by atoms with Gasteiger partial charge in [0.1, 0.15) is 5.82 Å². The molecule has 0 saturated carbocycles. The number of nitrogens with zero attached hydrogens (tertiary/aromatic N) is 1. The molecule has 0 radical (unpaired) electrons. The van der Waals surface area contributed by atoms with Gasteiger partial charge in [-0.1, -0.05) is 12.1 Å². The number of piperidine rings is 2. The Morgan fingerprint density at radius 3 is 2.81 bits per heavy atom. The summed E-state index contributed by atoms with van der Waals surface area (Å²) in [6, 6.07) is 7.07. The normalized spacial score (nSPS) is 27.8. The van der Waals surface area contributed by atoms with Gasteiger partial charge in [0, 0.05) is 38.1 Å². The molecule has 3 N–H and O–H groups in total. The fourth-order valence-electron chi connectivity index (χ4n) is 3.60. The Morgan fingerprint density at radius 2 is 2.10 bits per heavy atom. The van der Waals surface area contributed by atoms with Gasteiger partial charge in [-0.25, -0.2) is 4.39 Å². The van der Waals surface area contributed by atoms with Crippen molar-refractivity contribution in [3.63, 3.8) is 0 Å². The van der Waals surface area contributed by atoms with Gasteiger partial charge >= 0.3 is 0 Å². The first-order valence-electron chi connectivity index (χ1n) is 7.66. The molecule has 2 heterocycles. The van der Waals surface area contributed by atoms with Crippen LogP contribution in [-0.4, -0.2) is 36.5 Å². The molecular weight excluding hydrogens is 269 g/mol. The van der Waals surface area contributed by atoms with Gasteiger partial charge in [0.2, 0.25) is 5.91 Å². The number of carbonyl (C=O) groups excluding carboxylic acids is 1. The van der Waals surface area contributed by atoms with E-state index in [1.54, 1.807) is 0 Å². The zero-order valence-corrected chi connectivity index (χ0v) is 12.1. The molecule has 3 rings (SSSR count). The molecular formula is C16H22FN3O.